The van der Waals surface area contributed by atoms with Gasteiger partial charge < -0.3 is 9.64 Å². The minimum Gasteiger partial charge on any atom is -0.471 e. The lowest BCUT2D eigenvalue weighted by Crippen LogP contribution is -2.32. The molecular weight excluding hydrogens is 322 g/mol. The lowest BCUT2D eigenvalue weighted by atomic mass is 10.2. The van der Waals surface area contributed by atoms with E-state index in [4.69, 9.17) is 4.74 Å². The summed E-state index contributed by atoms with van der Waals surface area (Å²) in [5, 5.41) is 4.02. The molecule has 24 heavy (non-hydrogen) atoms. The van der Waals surface area contributed by atoms with Gasteiger partial charge in [-0.05, 0) is 34.5 Å². The fourth-order valence-corrected chi connectivity index (χ4v) is 3.57. The Morgan fingerprint density at radius 1 is 1.29 bits per heavy atom. The molecule has 1 amide bonds. The van der Waals surface area contributed by atoms with Crippen molar-refractivity contribution in [1.29, 1.82) is 0 Å². The number of para-hydroxylation sites is 2. The molecule has 1 unspecified atom stereocenters. The number of rotatable bonds is 4. The molecular formula is C18H17N3O2S. The molecule has 2 aromatic heterocycles. The molecule has 0 bridgehead atoms. The summed E-state index contributed by atoms with van der Waals surface area (Å²) in [7, 11) is 0. The first kappa shape index (κ1) is 15.1. The minimum absolute atomic E-state index is 0.0214. The predicted octanol–water partition coefficient (Wildman–Crippen LogP) is 2.91. The Balaban J connectivity index is 1.38. The number of benzene rings is 1. The molecule has 0 radical (unpaired) electrons. The van der Waals surface area contributed by atoms with Crippen molar-refractivity contribution >= 4 is 28.3 Å². The molecule has 1 saturated heterocycles. The molecule has 1 fully saturated rings. The number of carbonyl (C=O) groups excluding carboxylic acids is 1. The average Bonchev–Trinajstić information content (AvgIpc) is 3.27. The summed E-state index contributed by atoms with van der Waals surface area (Å²) in [6.07, 6.45) is 2.92. The number of fused-ring (bicyclic) bond motifs is 1. The first-order chi connectivity index (χ1) is 11.8. The van der Waals surface area contributed by atoms with E-state index in [1.54, 1.807) is 17.5 Å². The maximum Gasteiger partial charge on any atom is 0.233 e. The summed E-state index contributed by atoms with van der Waals surface area (Å²) in [6.45, 7) is 1.34. The van der Waals surface area contributed by atoms with Gasteiger partial charge in [-0.2, -0.15) is 11.3 Å². The van der Waals surface area contributed by atoms with Crippen LogP contribution in [0.3, 0.4) is 0 Å². The number of hydrogen-bond donors (Lipinski definition) is 0. The Kier molecular flexibility index (Phi) is 4.13. The van der Waals surface area contributed by atoms with Gasteiger partial charge >= 0.3 is 0 Å². The van der Waals surface area contributed by atoms with Crippen LogP contribution in [0.4, 0.5) is 0 Å². The number of thiophene rings is 1. The van der Waals surface area contributed by atoms with Crippen LogP contribution in [-0.2, 0) is 11.2 Å². The highest BCUT2D eigenvalue weighted by atomic mass is 32.1. The van der Waals surface area contributed by atoms with Crippen LogP contribution in [0.5, 0.6) is 5.88 Å². The van der Waals surface area contributed by atoms with Gasteiger partial charge in [0, 0.05) is 13.0 Å². The average molecular weight is 339 g/mol. The van der Waals surface area contributed by atoms with Gasteiger partial charge in [0.2, 0.25) is 11.8 Å². The maximum atomic E-state index is 12.3. The van der Waals surface area contributed by atoms with Crippen LogP contribution in [0, 0.1) is 0 Å². The third-order valence-electron chi connectivity index (χ3n) is 4.15. The second-order valence-corrected chi connectivity index (χ2v) is 6.65. The topological polar surface area (TPSA) is 55.3 Å². The van der Waals surface area contributed by atoms with Crippen molar-refractivity contribution < 1.29 is 9.53 Å². The van der Waals surface area contributed by atoms with E-state index in [1.165, 1.54) is 0 Å². The van der Waals surface area contributed by atoms with Gasteiger partial charge in [0.15, 0.2) is 0 Å². The molecule has 0 aliphatic carbocycles. The van der Waals surface area contributed by atoms with Gasteiger partial charge in [0.05, 0.1) is 30.2 Å². The quantitative estimate of drug-likeness (QED) is 0.733. The molecule has 0 spiro atoms. The van der Waals surface area contributed by atoms with Crippen molar-refractivity contribution in [1.82, 2.24) is 14.9 Å². The molecule has 122 valence electrons. The number of aromatic nitrogens is 2. The lowest BCUT2D eigenvalue weighted by molar-refractivity contribution is -0.129. The Morgan fingerprint density at radius 3 is 3.00 bits per heavy atom. The highest BCUT2D eigenvalue weighted by Crippen LogP contribution is 2.19. The van der Waals surface area contributed by atoms with E-state index >= 15 is 0 Å². The Morgan fingerprint density at radius 2 is 2.17 bits per heavy atom. The normalized spacial score (nSPS) is 17.3. The van der Waals surface area contributed by atoms with Crippen LogP contribution in [0.15, 0.2) is 47.3 Å². The standard InChI is InChI=1S/C18H17N3O2S/c22-18(9-13-6-8-24-12-13)21-7-5-14(11-21)23-17-10-19-15-3-1-2-4-16(15)20-17/h1-4,6,8,10,12,14H,5,7,9,11H2. The van der Waals surface area contributed by atoms with Crippen LogP contribution in [0.2, 0.25) is 0 Å². The van der Waals surface area contributed by atoms with Gasteiger partial charge in [0.25, 0.3) is 0 Å². The van der Waals surface area contributed by atoms with Crippen molar-refractivity contribution in [3.05, 3.63) is 52.9 Å². The fraction of sp³-hybridized carbons (Fsp3) is 0.278. The summed E-state index contributed by atoms with van der Waals surface area (Å²) >= 11 is 1.62. The van der Waals surface area contributed by atoms with Crippen LogP contribution in [-0.4, -0.2) is 40.0 Å². The first-order valence-electron chi connectivity index (χ1n) is 7.95. The van der Waals surface area contributed by atoms with Gasteiger partial charge in [0.1, 0.15) is 6.10 Å². The van der Waals surface area contributed by atoms with Crippen LogP contribution >= 0.6 is 11.3 Å². The van der Waals surface area contributed by atoms with E-state index in [0.717, 1.165) is 29.6 Å². The molecule has 4 rings (SSSR count). The molecule has 5 nitrogen and oxygen atoms in total. The van der Waals surface area contributed by atoms with E-state index in [9.17, 15) is 4.79 Å². The smallest absolute Gasteiger partial charge is 0.233 e. The Labute approximate surface area is 143 Å². The molecule has 0 N–H and O–H groups in total. The Bertz CT molecular complexity index is 850. The fourth-order valence-electron chi connectivity index (χ4n) is 2.90. The predicted molar refractivity (Wildman–Crippen MR) is 93.2 cm³/mol. The first-order valence-corrected chi connectivity index (χ1v) is 8.89. The van der Waals surface area contributed by atoms with E-state index < -0.39 is 0 Å². The maximum absolute atomic E-state index is 12.3. The summed E-state index contributed by atoms with van der Waals surface area (Å²) in [5.74, 6) is 0.676. The SMILES string of the molecule is O=C(Cc1ccsc1)N1CCC(Oc2cnc3ccccc3n2)C1. The molecule has 3 heterocycles. The van der Waals surface area contributed by atoms with Crippen molar-refractivity contribution in [2.24, 2.45) is 0 Å². The van der Waals surface area contributed by atoms with Gasteiger partial charge in [-0.25, -0.2) is 9.97 Å². The summed E-state index contributed by atoms with van der Waals surface area (Å²) in [4.78, 5) is 23.0. The van der Waals surface area contributed by atoms with Crippen LogP contribution in [0.1, 0.15) is 12.0 Å². The van der Waals surface area contributed by atoms with Crippen molar-refractivity contribution in [3.63, 3.8) is 0 Å². The third kappa shape index (κ3) is 3.23. The summed E-state index contributed by atoms with van der Waals surface area (Å²) < 4.78 is 5.93. The number of ether oxygens (including phenoxy) is 1. The van der Waals surface area contributed by atoms with E-state index in [2.05, 4.69) is 9.97 Å². The zero-order chi connectivity index (χ0) is 16.4. The molecule has 0 saturated carbocycles. The Hall–Kier alpha value is -2.47. The van der Waals surface area contributed by atoms with Gasteiger partial charge in [-0.15, -0.1) is 0 Å². The molecule has 6 heteroatoms. The third-order valence-corrected chi connectivity index (χ3v) is 4.88. The zero-order valence-electron chi connectivity index (χ0n) is 13.1. The van der Waals surface area contributed by atoms with Gasteiger partial charge in [-0.3, -0.25) is 4.79 Å². The molecule has 1 atom stereocenters. The summed E-state index contributed by atoms with van der Waals surface area (Å²) in [5.41, 5.74) is 2.75. The largest absolute Gasteiger partial charge is 0.471 e. The number of carbonyl (C=O) groups is 1. The van der Waals surface area contributed by atoms with Crippen LogP contribution < -0.4 is 4.74 Å². The second kappa shape index (κ2) is 6.57. The monoisotopic (exact) mass is 339 g/mol. The highest BCUT2D eigenvalue weighted by molar-refractivity contribution is 7.08. The van der Waals surface area contributed by atoms with Crippen molar-refractivity contribution in [2.45, 2.75) is 18.9 Å². The molecule has 1 aliphatic rings. The number of nitrogens with zero attached hydrogens (tertiary/aromatic N) is 3. The zero-order valence-corrected chi connectivity index (χ0v) is 13.9. The highest BCUT2D eigenvalue weighted by Gasteiger charge is 2.28. The van der Waals surface area contributed by atoms with E-state index in [-0.39, 0.29) is 12.0 Å². The molecule has 1 aliphatic heterocycles. The number of amides is 1. The van der Waals surface area contributed by atoms with Crippen molar-refractivity contribution in [3.8, 4) is 5.88 Å². The lowest BCUT2D eigenvalue weighted by Gasteiger charge is -2.16. The second-order valence-electron chi connectivity index (χ2n) is 5.87. The summed E-state index contributed by atoms with van der Waals surface area (Å²) in [6, 6.07) is 9.71. The molecule has 1 aromatic carbocycles. The van der Waals surface area contributed by atoms with E-state index in [0.29, 0.717) is 18.8 Å². The molecule has 3 aromatic rings. The number of hydrogen-bond acceptors (Lipinski definition) is 5. The van der Waals surface area contributed by atoms with Crippen molar-refractivity contribution in [2.75, 3.05) is 13.1 Å². The number of likely N-dealkylation sites (tertiary alicyclic amines) is 1. The minimum atomic E-state index is -0.0214. The van der Waals surface area contributed by atoms with Gasteiger partial charge in [-0.1, -0.05) is 12.1 Å². The van der Waals surface area contributed by atoms with E-state index in [1.807, 2.05) is 46.0 Å². The van der Waals surface area contributed by atoms with Crippen LogP contribution in [0.25, 0.3) is 11.0 Å².